The maximum absolute atomic E-state index is 12.8. The van der Waals surface area contributed by atoms with Crippen LogP contribution in [-0.4, -0.2) is 49.0 Å². The molecule has 106 valence electrons. The van der Waals surface area contributed by atoms with Crippen LogP contribution in [0.5, 0.6) is 0 Å². The van der Waals surface area contributed by atoms with E-state index in [9.17, 15) is 4.79 Å². The van der Waals surface area contributed by atoms with Gasteiger partial charge in [-0.1, -0.05) is 6.92 Å². The molecule has 1 aliphatic rings. The van der Waals surface area contributed by atoms with E-state index in [1.807, 2.05) is 35.8 Å². The van der Waals surface area contributed by atoms with E-state index in [0.717, 1.165) is 18.0 Å². The number of carbonyl (C=O) groups is 1. The minimum atomic E-state index is 0.0396. The average molecular weight is 290 g/mol. The summed E-state index contributed by atoms with van der Waals surface area (Å²) in [5.74, 6) is 1.03. The van der Waals surface area contributed by atoms with Crippen LogP contribution in [0.25, 0.3) is 5.65 Å². The molecule has 1 aliphatic heterocycles. The zero-order chi connectivity index (χ0) is 14.3. The van der Waals surface area contributed by atoms with Crippen LogP contribution in [0.4, 0.5) is 0 Å². The number of amides is 1. The van der Waals surface area contributed by atoms with E-state index in [1.54, 1.807) is 10.7 Å². The van der Waals surface area contributed by atoms with E-state index >= 15 is 0 Å². The number of nitrogens with zero attached hydrogens (tertiary/aromatic N) is 4. The molecule has 0 saturated carbocycles. The van der Waals surface area contributed by atoms with E-state index < -0.39 is 0 Å². The Bertz CT molecular complexity index is 654. The highest BCUT2D eigenvalue weighted by molar-refractivity contribution is 8.00. The van der Waals surface area contributed by atoms with E-state index in [1.165, 1.54) is 0 Å². The van der Waals surface area contributed by atoms with Crippen molar-refractivity contribution in [1.29, 1.82) is 0 Å². The van der Waals surface area contributed by atoms with Gasteiger partial charge in [0.05, 0.1) is 6.20 Å². The molecule has 1 amide bonds. The summed E-state index contributed by atoms with van der Waals surface area (Å²) in [7, 11) is 0. The van der Waals surface area contributed by atoms with Crippen LogP contribution < -0.4 is 0 Å². The number of hydrogen-bond acceptors (Lipinski definition) is 4. The van der Waals surface area contributed by atoms with Gasteiger partial charge in [-0.25, -0.2) is 9.50 Å². The van der Waals surface area contributed by atoms with Crippen molar-refractivity contribution in [2.75, 3.05) is 12.3 Å². The lowest BCUT2D eigenvalue weighted by atomic mass is 10.1. The molecule has 5 nitrogen and oxygen atoms in total. The first kappa shape index (κ1) is 13.4. The molecule has 3 heterocycles. The minimum Gasteiger partial charge on any atom is -0.334 e. The summed E-state index contributed by atoms with van der Waals surface area (Å²) in [6.07, 6.45) is 3.47. The van der Waals surface area contributed by atoms with Gasteiger partial charge in [0.25, 0.3) is 5.91 Å². The van der Waals surface area contributed by atoms with Crippen molar-refractivity contribution in [3.63, 3.8) is 0 Å². The normalized spacial score (nSPS) is 23.2. The lowest BCUT2D eigenvalue weighted by molar-refractivity contribution is 0.0700. The van der Waals surface area contributed by atoms with E-state index in [-0.39, 0.29) is 11.9 Å². The number of thioether (sulfide) groups is 1. The Hall–Kier alpha value is -1.56. The quantitative estimate of drug-likeness (QED) is 0.806. The molecule has 6 heteroatoms. The first-order chi connectivity index (χ1) is 9.58. The van der Waals surface area contributed by atoms with Gasteiger partial charge >= 0.3 is 0 Å². The first-order valence-electron chi connectivity index (χ1n) is 6.81. The third kappa shape index (κ3) is 2.18. The van der Waals surface area contributed by atoms with Gasteiger partial charge in [0, 0.05) is 35.5 Å². The maximum atomic E-state index is 12.8. The Labute approximate surface area is 122 Å². The van der Waals surface area contributed by atoms with Crippen LogP contribution >= 0.6 is 11.8 Å². The number of aromatic nitrogens is 3. The highest BCUT2D eigenvalue weighted by atomic mass is 32.2. The molecule has 20 heavy (non-hydrogen) atoms. The zero-order valence-corrected chi connectivity index (χ0v) is 12.7. The van der Waals surface area contributed by atoms with Crippen molar-refractivity contribution >= 4 is 23.3 Å². The number of fused-ring (bicyclic) bond motifs is 1. The zero-order valence-electron chi connectivity index (χ0n) is 11.9. The molecule has 0 spiro atoms. The summed E-state index contributed by atoms with van der Waals surface area (Å²) in [6, 6.07) is 2.12. The summed E-state index contributed by atoms with van der Waals surface area (Å²) in [5.41, 5.74) is 2.13. The number of aryl methyl sites for hydroxylation is 1. The van der Waals surface area contributed by atoms with Crippen molar-refractivity contribution in [2.45, 2.75) is 32.1 Å². The van der Waals surface area contributed by atoms with E-state index in [0.29, 0.717) is 16.5 Å². The van der Waals surface area contributed by atoms with Crippen LogP contribution in [0.15, 0.2) is 18.5 Å². The molecule has 0 aliphatic carbocycles. The summed E-state index contributed by atoms with van der Waals surface area (Å²) in [6.45, 7) is 6.99. The van der Waals surface area contributed by atoms with Gasteiger partial charge < -0.3 is 4.90 Å². The Morgan fingerprint density at radius 1 is 1.45 bits per heavy atom. The second-order valence-corrected chi connectivity index (χ2v) is 6.70. The Kier molecular flexibility index (Phi) is 3.41. The van der Waals surface area contributed by atoms with E-state index in [2.05, 4.69) is 23.9 Å². The van der Waals surface area contributed by atoms with Crippen LogP contribution in [0, 0.1) is 6.92 Å². The summed E-state index contributed by atoms with van der Waals surface area (Å²) in [4.78, 5) is 19.2. The molecule has 1 saturated heterocycles. The fourth-order valence-corrected chi connectivity index (χ4v) is 3.58. The molecule has 2 unspecified atom stereocenters. The van der Waals surface area contributed by atoms with Gasteiger partial charge in [0.15, 0.2) is 5.65 Å². The van der Waals surface area contributed by atoms with Gasteiger partial charge in [0.1, 0.15) is 5.56 Å². The number of hydrogen-bond donors (Lipinski definition) is 0. The molecule has 0 radical (unpaired) electrons. The SMILES string of the molecule is Cc1ccn2ncc(C(=O)N3CCSC(C)C3C)c2n1. The molecule has 2 atom stereocenters. The lowest BCUT2D eigenvalue weighted by Crippen LogP contribution is -2.47. The molecule has 0 aromatic carbocycles. The highest BCUT2D eigenvalue weighted by Crippen LogP contribution is 2.26. The van der Waals surface area contributed by atoms with Gasteiger partial charge in [-0.2, -0.15) is 16.9 Å². The second-order valence-electron chi connectivity index (χ2n) is 5.21. The van der Waals surface area contributed by atoms with Crippen molar-refractivity contribution in [3.05, 3.63) is 29.7 Å². The summed E-state index contributed by atoms with van der Waals surface area (Å²) in [5, 5.41) is 4.68. The van der Waals surface area contributed by atoms with Crippen LogP contribution in [-0.2, 0) is 0 Å². The summed E-state index contributed by atoms with van der Waals surface area (Å²) >= 11 is 1.92. The summed E-state index contributed by atoms with van der Waals surface area (Å²) < 4.78 is 1.66. The predicted molar refractivity (Wildman–Crippen MR) is 80.1 cm³/mol. The fraction of sp³-hybridized carbons (Fsp3) is 0.500. The Morgan fingerprint density at radius 2 is 2.25 bits per heavy atom. The van der Waals surface area contributed by atoms with Gasteiger partial charge in [0.2, 0.25) is 0 Å². The maximum Gasteiger partial charge on any atom is 0.259 e. The fourth-order valence-electron chi connectivity index (χ4n) is 2.48. The second kappa shape index (κ2) is 5.09. The topological polar surface area (TPSA) is 50.5 Å². The van der Waals surface area contributed by atoms with Gasteiger partial charge in [-0.05, 0) is 19.9 Å². The molecule has 3 rings (SSSR count). The smallest absolute Gasteiger partial charge is 0.259 e. The third-order valence-corrected chi connectivity index (χ3v) is 5.22. The third-order valence-electron chi connectivity index (χ3n) is 3.88. The minimum absolute atomic E-state index is 0.0396. The number of carbonyl (C=O) groups excluding carboxylic acids is 1. The van der Waals surface area contributed by atoms with Crippen molar-refractivity contribution in [2.24, 2.45) is 0 Å². The molecular weight excluding hydrogens is 272 g/mol. The Morgan fingerprint density at radius 3 is 3.05 bits per heavy atom. The standard InChI is InChI=1S/C14H18N4OS/c1-9-4-5-18-13(16-9)12(8-15-18)14(19)17-6-7-20-11(3)10(17)2/h4-5,8,10-11H,6-7H2,1-3H3. The van der Waals surface area contributed by atoms with Crippen molar-refractivity contribution < 1.29 is 4.79 Å². The lowest BCUT2D eigenvalue weighted by Gasteiger charge is -2.37. The molecule has 0 N–H and O–H groups in total. The van der Waals surface area contributed by atoms with E-state index in [4.69, 9.17) is 0 Å². The molecule has 1 fully saturated rings. The molecule has 2 aromatic heterocycles. The van der Waals surface area contributed by atoms with Crippen LogP contribution in [0.3, 0.4) is 0 Å². The predicted octanol–water partition coefficient (Wildman–Crippen LogP) is 2.00. The van der Waals surface area contributed by atoms with Gasteiger partial charge in [-0.3, -0.25) is 4.79 Å². The molecular formula is C14H18N4OS. The number of rotatable bonds is 1. The van der Waals surface area contributed by atoms with Crippen molar-refractivity contribution in [3.8, 4) is 0 Å². The van der Waals surface area contributed by atoms with Crippen LogP contribution in [0.1, 0.15) is 29.9 Å². The van der Waals surface area contributed by atoms with Crippen molar-refractivity contribution in [1.82, 2.24) is 19.5 Å². The monoisotopic (exact) mass is 290 g/mol. The Balaban J connectivity index is 1.98. The average Bonchev–Trinajstić information content (AvgIpc) is 2.84. The first-order valence-corrected chi connectivity index (χ1v) is 7.86. The van der Waals surface area contributed by atoms with Gasteiger partial charge in [-0.15, -0.1) is 0 Å². The molecule has 2 aromatic rings. The largest absolute Gasteiger partial charge is 0.334 e. The highest BCUT2D eigenvalue weighted by Gasteiger charge is 2.31. The molecule has 0 bridgehead atoms. The van der Waals surface area contributed by atoms with Crippen LogP contribution in [0.2, 0.25) is 0 Å².